The van der Waals surface area contributed by atoms with Crippen molar-refractivity contribution in [3.05, 3.63) is 46.4 Å². The minimum Gasteiger partial charge on any atom is -0.496 e. The molecule has 0 aliphatic rings. The van der Waals surface area contributed by atoms with Gasteiger partial charge in [-0.2, -0.15) is 0 Å². The number of aromatic nitrogens is 2. The van der Waals surface area contributed by atoms with Gasteiger partial charge in [0.15, 0.2) is 0 Å². The van der Waals surface area contributed by atoms with E-state index in [1.165, 1.54) is 11.3 Å². The fourth-order valence-corrected chi connectivity index (χ4v) is 3.11. The smallest absolute Gasteiger partial charge is 0.129 e. The molecule has 1 aromatic carbocycles. The highest BCUT2D eigenvalue weighted by Gasteiger charge is 2.16. The molecule has 20 heavy (non-hydrogen) atoms. The summed E-state index contributed by atoms with van der Waals surface area (Å²) in [6, 6.07) is 9.86. The van der Waals surface area contributed by atoms with E-state index in [0.717, 1.165) is 27.5 Å². The molecule has 0 aliphatic heterocycles. The molecule has 0 amide bonds. The molecule has 1 atom stereocenters. The highest BCUT2D eigenvalue weighted by atomic mass is 32.1. The van der Waals surface area contributed by atoms with E-state index in [-0.39, 0.29) is 0 Å². The number of nitrogens with zero attached hydrogens (tertiary/aromatic N) is 2. The van der Waals surface area contributed by atoms with Crippen LogP contribution in [0.1, 0.15) is 16.8 Å². The Morgan fingerprint density at radius 3 is 2.90 bits per heavy atom. The third-order valence-electron chi connectivity index (χ3n) is 3.42. The van der Waals surface area contributed by atoms with Gasteiger partial charge in [-0.3, -0.25) is 0 Å². The number of fused-ring (bicyclic) bond motifs is 1. The average molecular weight is 288 g/mol. The van der Waals surface area contributed by atoms with Crippen LogP contribution >= 0.6 is 11.3 Å². The van der Waals surface area contributed by atoms with E-state index in [1.807, 2.05) is 47.3 Å². The minimum absolute atomic E-state index is 0.495. The largest absolute Gasteiger partial charge is 0.496 e. The Labute approximate surface area is 121 Å². The Hall–Kier alpha value is -1.85. The fourth-order valence-electron chi connectivity index (χ4n) is 2.27. The van der Waals surface area contributed by atoms with Crippen molar-refractivity contribution >= 4 is 22.4 Å². The zero-order valence-corrected chi connectivity index (χ0v) is 12.2. The van der Waals surface area contributed by atoms with Crippen LogP contribution in [-0.4, -0.2) is 21.8 Å². The van der Waals surface area contributed by atoms with Gasteiger partial charge in [0, 0.05) is 23.7 Å². The van der Waals surface area contributed by atoms with Crippen LogP contribution in [0, 0.1) is 0 Å². The van der Waals surface area contributed by atoms with Crippen molar-refractivity contribution in [1.82, 2.24) is 9.55 Å². The van der Waals surface area contributed by atoms with Crippen LogP contribution in [-0.2, 0) is 13.5 Å². The number of aliphatic hydroxyl groups is 1. The Kier molecular flexibility index (Phi) is 3.46. The van der Waals surface area contributed by atoms with E-state index < -0.39 is 6.10 Å². The predicted octanol–water partition coefficient (Wildman–Crippen LogP) is 2.92. The molecule has 0 fully saturated rings. The van der Waals surface area contributed by atoms with Crippen LogP contribution in [0.2, 0.25) is 0 Å². The van der Waals surface area contributed by atoms with Gasteiger partial charge in [0.2, 0.25) is 0 Å². The van der Waals surface area contributed by atoms with Crippen LogP contribution < -0.4 is 4.74 Å². The number of imidazole rings is 1. The quantitative estimate of drug-likeness (QED) is 0.803. The molecule has 0 saturated heterocycles. The molecule has 1 N–H and O–H groups in total. The summed E-state index contributed by atoms with van der Waals surface area (Å²) in [5, 5.41) is 12.2. The first kappa shape index (κ1) is 13.1. The van der Waals surface area contributed by atoms with E-state index in [2.05, 4.69) is 4.98 Å². The predicted molar refractivity (Wildman–Crippen MR) is 80.2 cm³/mol. The zero-order valence-electron chi connectivity index (χ0n) is 11.4. The van der Waals surface area contributed by atoms with Gasteiger partial charge in [-0.15, -0.1) is 11.3 Å². The maximum Gasteiger partial charge on any atom is 0.129 e. The number of methoxy groups -OCH3 is 1. The summed E-state index contributed by atoms with van der Waals surface area (Å²) >= 11 is 1.50. The minimum atomic E-state index is -0.556. The van der Waals surface area contributed by atoms with Gasteiger partial charge < -0.3 is 14.4 Å². The van der Waals surface area contributed by atoms with Crippen LogP contribution in [0.15, 0.2) is 35.7 Å². The highest BCUT2D eigenvalue weighted by Crippen LogP contribution is 2.29. The molecule has 4 nitrogen and oxygen atoms in total. The summed E-state index contributed by atoms with van der Waals surface area (Å²) in [6.45, 7) is 0. The van der Waals surface area contributed by atoms with E-state index in [9.17, 15) is 5.11 Å². The van der Waals surface area contributed by atoms with Gasteiger partial charge in [-0.05, 0) is 18.2 Å². The summed E-state index contributed by atoms with van der Waals surface area (Å²) in [7, 11) is 3.61. The lowest BCUT2D eigenvalue weighted by atomic mass is 10.2. The van der Waals surface area contributed by atoms with Gasteiger partial charge in [-0.1, -0.05) is 12.1 Å². The molecule has 2 aromatic heterocycles. The van der Waals surface area contributed by atoms with Crippen molar-refractivity contribution in [3.8, 4) is 5.75 Å². The third kappa shape index (κ3) is 2.30. The summed E-state index contributed by atoms with van der Waals surface area (Å²) in [6.07, 6.45) is -0.0612. The molecule has 1 unspecified atom stereocenters. The Balaban J connectivity index is 1.87. The Bertz CT molecular complexity index is 732. The molecule has 5 heteroatoms. The number of thiophene rings is 1. The first-order chi connectivity index (χ1) is 9.69. The summed E-state index contributed by atoms with van der Waals surface area (Å²) in [5.41, 5.74) is 2.04. The second-order valence-electron chi connectivity index (χ2n) is 4.68. The lowest BCUT2D eigenvalue weighted by Gasteiger charge is -2.08. The molecule has 3 rings (SSSR count). The van der Waals surface area contributed by atoms with Crippen molar-refractivity contribution in [1.29, 1.82) is 0 Å². The molecule has 0 spiro atoms. The fraction of sp³-hybridized carbons (Fsp3) is 0.267. The van der Waals surface area contributed by atoms with Crippen LogP contribution in [0.5, 0.6) is 5.75 Å². The molecule has 104 valence electrons. The van der Waals surface area contributed by atoms with Gasteiger partial charge in [0.1, 0.15) is 11.6 Å². The normalized spacial score (nSPS) is 12.8. The number of rotatable bonds is 4. The average Bonchev–Trinajstić information content (AvgIpc) is 3.05. The van der Waals surface area contributed by atoms with E-state index in [4.69, 9.17) is 4.74 Å². The lowest BCUT2D eigenvalue weighted by Crippen LogP contribution is -2.05. The molecule has 0 saturated carbocycles. The second-order valence-corrected chi connectivity index (χ2v) is 5.63. The number of hydrogen-bond acceptors (Lipinski definition) is 4. The summed E-state index contributed by atoms with van der Waals surface area (Å²) in [4.78, 5) is 5.48. The van der Waals surface area contributed by atoms with Crippen molar-refractivity contribution in [2.24, 2.45) is 7.05 Å². The molecular weight excluding hydrogens is 272 g/mol. The van der Waals surface area contributed by atoms with Crippen molar-refractivity contribution in [3.63, 3.8) is 0 Å². The maximum atomic E-state index is 10.3. The van der Waals surface area contributed by atoms with Crippen LogP contribution in [0.25, 0.3) is 11.0 Å². The lowest BCUT2D eigenvalue weighted by molar-refractivity contribution is 0.178. The number of aryl methyl sites for hydroxylation is 1. The van der Waals surface area contributed by atoms with Crippen molar-refractivity contribution in [2.75, 3.05) is 7.11 Å². The number of hydrogen-bond donors (Lipinski definition) is 1. The first-order valence-electron chi connectivity index (χ1n) is 6.40. The van der Waals surface area contributed by atoms with Crippen LogP contribution in [0.4, 0.5) is 0 Å². The molecule has 0 aliphatic carbocycles. The maximum absolute atomic E-state index is 10.3. The number of para-hydroxylation sites is 2. The van der Waals surface area contributed by atoms with E-state index in [0.29, 0.717) is 6.42 Å². The molecule has 0 radical (unpaired) electrons. The molecular formula is C15H16N2O2S. The monoisotopic (exact) mass is 288 g/mol. The second kappa shape index (κ2) is 5.26. The van der Waals surface area contributed by atoms with Crippen LogP contribution in [0.3, 0.4) is 0 Å². The molecule has 0 bridgehead atoms. The van der Waals surface area contributed by atoms with E-state index >= 15 is 0 Å². The van der Waals surface area contributed by atoms with Gasteiger partial charge in [0.25, 0.3) is 0 Å². The Morgan fingerprint density at radius 2 is 2.20 bits per heavy atom. The van der Waals surface area contributed by atoms with Gasteiger partial charge >= 0.3 is 0 Å². The number of benzene rings is 1. The summed E-state index contributed by atoms with van der Waals surface area (Å²) < 4.78 is 7.18. The summed E-state index contributed by atoms with van der Waals surface area (Å²) in [5.74, 6) is 1.67. The van der Waals surface area contributed by atoms with E-state index in [1.54, 1.807) is 7.11 Å². The number of ether oxygens (including phenoxy) is 1. The molecule has 2 heterocycles. The van der Waals surface area contributed by atoms with Gasteiger partial charge in [-0.25, -0.2) is 4.98 Å². The number of aliphatic hydroxyl groups excluding tert-OH is 1. The zero-order chi connectivity index (χ0) is 14.1. The van der Waals surface area contributed by atoms with Crippen molar-refractivity contribution < 1.29 is 9.84 Å². The van der Waals surface area contributed by atoms with Gasteiger partial charge in [0.05, 0.1) is 24.2 Å². The third-order valence-corrected chi connectivity index (χ3v) is 4.43. The first-order valence-corrected chi connectivity index (χ1v) is 7.28. The SMILES string of the molecule is COc1csc(C(O)Cc2nc3ccccc3n2C)c1. The van der Waals surface area contributed by atoms with Crippen molar-refractivity contribution in [2.45, 2.75) is 12.5 Å². The Morgan fingerprint density at radius 1 is 1.40 bits per heavy atom. The topological polar surface area (TPSA) is 47.3 Å². The standard InChI is InChI=1S/C15H16N2O2S/c1-17-12-6-4-3-5-11(12)16-15(17)8-13(18)14-7-10(19-2)9-20-14/h3-7,9,13,18H,8H2,1-2H3. The highest BCUT2D eigenvalue weighted by molar-refractivity contribution is 7.10. The molecule has 3 aromatic rings.